The normalized spacial score (nSPS) is 20.2. The molecule has 148 valence electrons. The van der Waals surface area contributed by atoms with Crippen LogP contribution < -0.4 is 10.6 Å². The Morgan fingerprint density at radius 1 is 1.26 bits per heavy atom. The van der Waals surface area contributed by atoms with Gasteiger partial charge in [0.25, 0.3) is 5.91 Å². The topological polar surface area (TPSA) is 78.5 Å². The van der Waals surface area contributed by atoms with Crippen molar-refractivity contribution in [3.63, 3.8) is 0 Å². The molecule has 1 aliphatic rings. The van der Waals surface area contributed by atoms with Gasteiger partial charge in [0.1, 0.15) is 12.1 Å². The van der Waals surface area contributed by atoms with Crippen LogP contribution >= 0.6 is 0 Å². The summed E-state index contributed by atoms with van der Waals surface area (Å²) in [4.78, 5) is 37.8. The third kappa shape index (κ3) is 4.23. The van der Waals surface area contributed by atoms with E-state index in [1.165, 1.54) is 19.1 Å². The van der Waals surface area contributed by atoms with E-state index in [1.54, 1.807) is 0 Å². The van der Waals surface area contributed by atoms with E-state index >= 15 is 0 Å². The van der Waals surface area contributed by atoms with E-state index in [0.29, 0.717) is 12.8 Å². The summed E-state index contributed by atoms with van der Waals surface area (Å²) in [5.41, 5.74) is -2.60. The molecule has 6 nitrogen and oxygen atoms in total. The molecule has 0 saturated carbocycles. The van der Waals surface area contributed by atoms with Crippen LogP contribution in [0.3, 0.4) is 0 Å². The van der Waals surface area contributed by atoms with E-state index in [-0.39, 0.29) is 11.6 Å². The van der Waals surface area contributed by atoms with Crippen molar-refractivity contribution in [2.45, 2.75) is 51.4 Å². The summed E-state index contributed by atoms with van der Waals surface area (Å²) in [5, 5.41) is 5.12. The molecular formula is C18H22F3N3O3. The number of benzene rings is 1. The van der Waals surface area contributed by atoms with Crippen molar-refractivity contribution < 1.29 is 27.6 Å². The fourth-order valence-corrected chi connectivity index (χ4v) is 2.95. The number of imide groups is 1. The summed E-state index contributed by atoms with van der Waals surface area (Å²) in [6, 6.07) is 3.32. The van der Waals surface area contributed by atoms with Crippen LogP contribution in [0, 0.1) is 0 Å². The smallest absolute Gasteiger partial charge is 0.352 e. The first-order chi connectivity index (χ1) is 12.5. The molecule has 0 bridgehead atoms. The van der Waals surface area contributed by atoms with Gasteiger partial charge in [-0.05, 0) is 37.5 Å². The zero-order valence-corrected chi connectivity index (χ0v) is 15.3. The largest absolute Gasteiger partial charge is 0.416 e. The second-order valence-corrected chi connectivity index (χ2v) is 6.61. The van der Waals surface area contributed by atoms with Crippen LogP contribution in [-0.4, -0.2) is 35.3 Å². The van der Waals surface area contributed by atoms with Crippen molar-refractivity contribution in [1.29, 1.82) is 0 Å². The Hall–Kier alpha value is -2.58. The van der Waals surface area contributed by atoms with E-state index in [2.05, 4.69) is 10.6 Å². The zero-order chi connectivity index (χ0) is 20.4. The lowest BCUT2D eigenvalue weighted by Crippen LogP contribution is -2.45. The number of hydrogen-bond donors (Lipinski definition) is 2. The standard InChI is InChI=1S/C18H22F3N3O3/c1-4-13(5-2)22-14(25)10-24-15(26)17(3,23-16(24)27)11-7-6-8-12(9-11)18(19,20)21/h6-9,13H,4-5,10H2,1-3H3,(H,22,25)(H,23,27)/t17-/m1/s1. The Morgan fingerprint density at radius 3 is 2.44 bits per heavy atom. The van der Waals surface area contributed by atoms with Gasteiger partial charge in [-0.25, -0.2) is 4.79 Å². The molecule has 1 fully saturated rings. The third-order valence-corrected chi connectivity index (χ3v) is 4.69. The molecule has 2 N–H and O–H groups in total. The Balaban J connectivity index is 2.23. The van der Waals surface area contributed by atoms with Gasteiger partial charge in [0.2, 0.25) is 5.91 Å². The third-order valence-electron chi connectivity index (χ3n) is 4.69. The quantitative estimate of drug-likeness (QED) is 0.739. The molecule has 0 aromatic heterocycles. The lowest BCUT2D eigenvalue weighted by molar-refractivity contribution is -0.138. The van der Waals surface area contributed by atoms with Gasteiger partial charge in [0, 0.05) is 6.04 Å². The minimum Gasteiger partial charge on any atom is -0.352 e. The number of hydrogen-bond acceptors (Lipinski definition) is 3. The molecule has 9 heteroatoms. The van der Waals surface area contributed by atoms with Crippen LogP contribution in [0.15, 0.2) is 24.3 Å². The highest BCUT2D eigenvalue weighted by Gasteiger charge is 2.50. The first-order valence-electron chi connectivity index (χ1n) is 8.64. The molecule has 1 aliphatic heterocycles. The maximum atomic E-state index is 13.0. The fraction of sp³-hybridized carbons (Fsp3) is 0.500. The summed E-state index contributed by atoms with van der Waals surface area (Å²) in [6.07, 6.45) is -3.18. The maximum Gasteiger partial charge on any atom is 0.416 e. The van der Waals surface area contributed by atoms with Crippen molar-refractivity contribution >= 4 is 17.8 Å². The Bertz CT molecular complexity index is 747. The van der Waals surface area contributed by atoms with Gasteiger partial charge < -0.3 is 10.6 Å². The maximum absolute atomic E-state index is 13.0. The lowest BCUT2D eigenvalue weighted by Gasteiger charge is -2.23. The molecule has 27 heavy (non-hydrogen) atoms. The SMILES string of the molecule is CCC(CC)NC(=O)CN1C(=O)N[C@](C)(c2cccc(C(F)(F)F)c2)C1=O. The van der Waals surface area contributed by atoms with E-state index in [9.17, 15) is 27.6 Å². The second kappa shape index (κ2) is 7.58. The zero-order valence-electron chi connectivity index (χ0n) is 15.3. The van der Waals surface area contributed by atoms with Crippen molar-refractivity contribution in [3.05, 3.63) is 35.4 Å². The number of carbonyl (C=O) groups excluding carboxylic acids is 3. The van der Waals surface area contributed by atoms with Gasteiger partial charge in [-0.2, -0.15) is 13.2 Å². The average molecular weight is 385 g/mol. The molecule has 2 rings (SSSR count). The molecule has 0 radical (unpaired) electrons. The first kappa shape index (κ1) is 20.7. The van der Waals surface area contributed by atoms with Crippen molar-refractivity contribution in [2.75, 3.05) is 6.54 Å². The van der Waals surface area contributed by atoms with Crippen LogP contribution in [0.25, 0.3) is 0 Å². The summed E-state index contributed by atoms with van der Waals surface area (Å²) >= 11 is 0. The highest BCUT2D eigenvalue weighted by Crippen LogP contribution is 2.34. The van der Waals surface area contributed by atoms with E-state index in [0.717, 1.165) is 17.0 Å². The minimum absolute atomic E-state index is 0.00132. The molecular weight excluding hydrogens is 363 g/mol. The number of carbonyl (C=O) groups is 3. The van der Waals surface area contributed by atoms with Gasteiger partial charge in [-0.3, -0.25) is 14.5 Å². The highest BCUT2D eigenvalue weighted by molar-refractivity contribution is 6.09. The van der Waals surface area contributed by atoms with Crippen molar-refractivity contribution in [2.24, 2.45) is 0 Å². The lowest BCUT2D eigenvalue weighted by atomic mass is 9.90. The van der Waals surface area contributed by atoms with Gasteiger partial charge in [0.05, 0.1) is 5.56 Å². The van der Waals surface area contributed by atoms with E-state index in [4.69, 9.17) is 0 Å². The summed E-state index contributed by atoms with van der Waals surface area (Å²) in [5.74, 6) is -1.27. The Labute approximate surface area is 155 Å². The van der Waals surface area contributed by atoms with Gasteiger partial charge in [-0.15, -0.1) is 0 Å². The summed E-state index contributed by atoms with van der Waals surface area (Å²) in [6.45, 7) is 4.62. The molecule has 1 atom stereocenters. The predicted octanol–water partition coefficient (Wildman–Crippen LogP) is 2.78. The molecule has 1 saturated heterocycles. The molecule has 4 amide bonds. The minimum atomic E-state index is -4.58. The van der Waals surface area contributed by atoms with Crippen LogP contribution in [0.1, 0.15) is 44.7 Å². The molecule has 1 aromatic carbocycles. The monoisotopic (exact) mass is 385 g/mol. The highest BCUT2D eigenvalue weighted by atomic mass is 19.4. The Kier molecular flexibility index (Phi) is 5.82. The van der Waals surface area contributed by atoms with Crippen molar-refractivity contribution in [1.82, 2.24) is 15.5 Å². The van der Waals surface area contributed by atoms with Crippen LogP contribution in [0.5, 0.6) is 0 Å². The first-order valence-corrected chi connectivity index (χ1v) is 8.64. The van der Waals surface area contributed by atoms with Gasteiger partial charge >= 0.3 is 12.2 Å². The summed E-state index contributed by atoms with van der Waals surface area (Å²) < 4.78 is 38.9. The van der Waals surface area contributed by atoms with E-state index in [1.807, 2.05) is 13.8 Å². The molecule has 1 aromatic rings. The summed E-state index contributed by atoms with van der Waals surface area (Å²) in [7, 11) is 0. The molecule has 0 unspecified atom stereocenters. The second-order valence-electron chi connectivity index (χ2n) is 6.61. The van der Waals surface area contributed by atoms with Gasteiger partial charge in [-0.1, -0.05) is 26.0 Å². The van der Waals surface area contributed by atoms with E-state index < -0.39 is 41.7 Å². The van der Waals surface area contributed by atoms with Crippen LogP contribution in [-0.2, 0) is 21.3 Å². The molecule has 0 aliphatic carbocycles. The molecule has 1 heterocycles. The molecule has 0 spiro atoms. The number of nitrogens with one attached hydrogen (secondary N) is 2. The number of halogens is 3. The number of nitrogens with zero attached hydrogens (tertiary/aromatic N) is 1. The number of rotatable bonds is 6. The number of amides is 4. The Morgan fingerprint density at radius 2 is 1.89 bits per heavy atom. The number of alkyl halides is 3. The predicted molar refractivity (Wildman–Crippen MR) is 91.6 cm³/mol. The fourth-order valence-electron chi connectivity index (χ4n) is 2.95. The average Bonchev–Trinajstić information content (AvgIpc) is 2.83. The van der Waals surface area contributed by atoms with Crippen molar-refractivity contribution in [3.8, 4) is 0 Å². The van der Waals surface area contributed by atoms with Crippen LogP contribution in [0.4, 0.5) is 18.0 Å². The number of urea groups is 1. The van der Waals surface area contributed by atoms with Crippen LogP contribution in [0.2, 0.25) is 0 Å². The van der Waals surface area contributed by atoms with Gasteiger partial charge in [0.15, 0.2) is 0 Å².